The zero-order valence-corrected chi connectivity index (χ0v) is 14.9. The summed E-state index contributed by atoms with van der Waals surface area (Å²) in [5, 5.41) is 2.80. The standard InChI is InChI=1S/C21H17FN4O2/c22-14-3-1-2-13(10-14)15-6-8-24-11-17(15)18-16(19(23)27)7-9-25-20(18)26-21(28)12-4-5-12/h1-3,6-12H,4-5H2,(H2,23,27)(H,25,26,28). The lowest BCUT2D eigenvalue weighted by atomic mass is 9.93. The predicted molar refractivity (Wildman–Crippen MR) is 103 cm³/mol. The summed E-state index contributed by atoms with van der Waals surface area (Å²) >= 11 is 0. The Morgan fingerprint density at radius 1 is 1.11 bits per heavy atom. The van der Waals surface area contributed by atoms with E-state index in [2.05, 4.69) is 15.3 Å². The number of carbonyl (C=O) groups is 2. The average Bonchev–Trinajstić information content (AvgIpc) is 3.53. The largest absolute Gasteiger partial charge is 0.366 e. The molecule has 6 nitrogen and oxygen atoms in total. The molecule has 0 bridgehead atoms. The van der Waals surface area contributed by atoms with E-state index in [1.165, 1.54) is 24.4 Å². The van der Waals surface area contributed by atoms with Crippen LogP contribution in [0.1, 0.15) is 23.2 Å². The van der Waals surface area contributed by atoms with Crippen LogP contribution in [0.5, 0.6) is 0 Å². The molecule has 1 saturated carbocycles. The van der Waals surface area contributed by atoms with E-state index >= 15 is 0 Å². The number of carbonyl (C=O) groups excluding carboxylic acids is 2. The van der Waals surface area contributed by atoms with Gasteiger partial charge in [-0.2, -0.15) is 0 Å². The Morgan fingerprint density at radius 3 is 2.64 bits per heavy atom. The van der Waals surface area contributed by atoms with Crippen molar-refractivity contribution in [2.24, 2.45) is 11.7 Å². The van der Waals surface area contributed by atoms with Gasteiger partial charge >= 0.3 is 0 Å². The molecule has 7 heteroatoms. The third-order valence-electron chi connectivity index (χ3n) is 4.63. The second kappa shape index (κ2) is 7.19. The van der Waals surface area contributed by atoms with Crippen LogP contribution in [0.4, 0.5) is 10.2 Å². The van der Waals surface area contributed by atoms with Crippen molar-refractivity contribution >= 4 is 17.6 Å². The van der Waals surface area contributed by atoms with Crippen LogP contribution in [-0.2, 0) is 4.79 Å². The highest BCUT2D eigenvalue weighted by atomic mass is 19.1. The molecule has 2 aromatic heterocycles. The van der Waals surface area contributed by atoms with Crippen LogP contribution < -0.4 is 11.1 Å². The summed E-state index contributed by atoms with van der Waals surface area (Å²) < 4.78 is 13.8. The van der Waals surface area contributed by atoms with Gasteiger partial charge in [0.15, 0.2) is 0 Å². The van der Waals surface area contributed by atoms with Crippen LogP contribution in [-0.4, -0.2) is 21.8 Å². The van der Waals surface area contributed by atoms with E-state index in [4.69, 9.17) is 5.73 Å². The van der Waals surface area contributed by atoms with Crippen LogP contribution in [0.25, 0.3) is 22.3 Å². The minimum atomic E-state index is -0.659. The molecule has 0 aliphatic heterocycles. The monoisotopic (exact) mass is 376 g/mol. The Morgan fingerprint density at radius 2 is 1.93 bits per heavy atom. The van der Waals surface area contributed by atoms with Gasteiger partial charge in [-0.3, -0.25) is 14.6 Å². The molecule has 1 aromatic carbocycles. The molecule has 0 atom stereocenters. The number of halogens is 1. The smallest absolute Gasteiger partial charge is 0.249 e. The molecule has 1 aliphatic carbocycles. The van der Waals surface area contributed by atoms with Crippen molar-refractivity contribution < 1.29 is 14.0 Å². The normalized spacial score (nSPS) is 13.2. The minimum Gasteiger partial charge on any atom is -0.366 e. The van der Waals surface area contributed by atoms with Gasteiger partial charge in [-0.25, -0.2) is 9.37 Å². The molecule has 2 heterocycles. The molecule has 3 N–H and O–H groups in total. The van der Waals surface area contributed by atoms with Crippen molar-refractivity contribution in [3.63, 3.8) is 0 Å². The van der Waals surface area contributed by atoms with Gasteiger partial charge in [0.05, 0.1) is 5.56 Å². The van der Waals surface area contributed by atoms with Gasteiger partial charge in [-0.05, 0) is 48.2 Å². The van der Waals surface area contributed by atoms with Crippen LogP contribution in [0.15, 0.2) is 55.0 Å². The Balaban J connectivity index is 1.91. The third-order valence-corrected chi connectivity index (χ3v) is 4.63. The van der Waals surface area contributed by atoms with Gasteiger partial charge in [-0.1, -0.05) is 12.1 Å². The summed E-state index contributed by atoms with van der Waals surface area (Å²) in [6.07, 6.45) is 6.21. The van der Waals surface area contributed by atoms with Gasteiger partial charge in [-0.15, -0.1) is 0 Å². The maximum Gasteiger partial charge on any atom is 0.249 e. The van der Waals surface area contributed by atoms with Gasteiger partial charge in [0, 0.05) is 35.6 Å². The lowest BCUT2D eigenvalue weighted by Gasteiger charge is -2.16. The van der Waals surface area contributed by atoms with Gasteiger partial charge < -0.3 is 11.1 Å². The number of pyridine rings is 2. The summed E-state index contributed by atoms with van der Waals surface area (Å²) in [5.41, 5.74) is 7.93. The van der Waals surface area contributed by atoms with E-state index in [-0.39, 0.29) is 29.0 Å². The lowest BCUT2D eigenvalue weighted by Crippen LogP contribution is -2.18. The van der Waals surface area contributed by atoms with Crippen molar-refractivity contribution in [1.82, 2.24) is 9.97 Å². The molecular formula is C21H17FN4O2. The number of rotatable bonds is 5. The number of hydrogen-bond acceptors (Lipinski definition) is 4. The fourth-order valence-electron chi connectivity index (χ4n) is 3.10. The molecule has 140 valence electrons. The first kappa shape index (κ1) is 17.8. The number of primary amides is 1. The minimum absolute atomic E-state index is 0.0385. The number of benzene rings is 1. The Labute approximate surface area is 160 Å². The van der Waals surface area contributed by atoms with Gasteiger partial charge in [0.1, 0.15) is 11.6 Å². The van der Waals surface area contributed by atoms with Crippen LogP contribution >= 0.6 is 0 Å². The second-order valence-electron chi connectivity index (χ2n) is 6.64. The fourth-order valence-corrected chi connectivity index (χ4v) is 3.10. The third kappa shape index (κ3) is 3.46. The zero-order valence-electron chi connectivity index (χ0n) is 14.9. The highest BCUT2D eigenvalue weighted by Crippen LogP contribution is 2.38. The maximum absolute atomic E-state index is 13.8. The van der Waals surface area contributed by atoms with Crippen LogP contribution in [0, 0.1) is 11.7 Å². The van der Waals surface area contributed by atoms with E-state index in [0.717, 1.165) is 12.8 Å². The van der Waals surface area contributed by atoms with E-state index in [1.807, 2.05) is 0 Å². The topological polar surface area (TPSA) is 98.0 Å². The number of amides is 2. The van der Waals surface area contributed by atoms with Crippen molar-refractivity contribution in [1.29, 1.82) is 0 Å². The molecule has 2 amide bonds. The molecule has 0 unspecified atom stereocenters. The summed E-state index contributed by atoms with van der Waals surface area (Å²) in [5.74, 6) is -0.994. The lowest BCUT2D eigenvalue weighted by molar-refractivity contribution is -0.117. The van der Waals surface area contributed by atoms with E-state index in [0.29, 0.717) is 22.3 Å². The van der Waals surface area contributed by atoms with Crippen molar-refractivity contribution in [2.45, 2.75) is 12.8 Å². The van der Waals surface area contributed by atoms with Crippen LogP contribution in [0.2, 0.25) is 0 Å². The molecule has 0 saturated heterocycles. The SMILES string of the molecule is NC(=O)c1ccnc(NC(=O)C2CC2)c1-c1cnccc1-c1cccc(F)c1. The molecule has 0 radical (unpaired) electrons. The Hall–Kier alpha value is -3.61. The molecular weight excluding hydrogens is 359 g/mol. The number of aromatic nitrogens is 2. The molecule has 28 heavy (non-hydrogen) atoms. The first-order valence-corrected chi connectivity index (χ1v) is 8.84. The molecule has 4 rings (SSSR count). The summed E-state index contributed by atoms with van der Waals surface area (Å²) in [7, 11) is 0. The van der Waals surface area contributed by atoms with E-state index < -0.39 is 5.91 Å². The number of nitrogens with one attached hydrogen (secondary N) is 1. The number of anilines is 1. The summed E-state index contributed by atoms with van der Waals surface area (Å²) in [4.78, 5) is 32.8. The highest BCUT2D eigenvalue weighted by molar-refractivity contribution is 6.07. The molecule has 1 fully saturated rings. The average molecular weight is 376 g/mol. The first-order chi connectivity index (χ1) is 13.5. The Kier molecular flexibility index (Phi) is 4.57. The first-order valence-electron chi connectivity index (χ1n) is 8.84. The molecule has 0 spiro atoms. The van der Waals surface area contributed by atoms with Crippen molar-refractivity contribution in [3.8, 4) is 22.3 Å². The second-order valence-corrected chi connectivity index (χ2v) is 6.64. The van der Waals surface area contributed by atoms with Gasteiger partial charge in [0.25, 0.3) is 0 Å². The van der Waals surface area contributed by atoms with Crippen molar-refractivity contribution in [3.05, 3.63) is 66.4 Å². The van der Waals surface area contributed by atoms with E-state index in [1.54, 1.807) is 30.6 Å². The summed E-state index contributed by atoms with van der Waals surface area (Å²) in [6.45, 7) is 0. The van der Waals surface area contributed by atoms with Crippen LogP contribution in [0.3, 0.4) is 0 Å². The predicted octanol–water partition coefficient (Wildman–Crippen LogP) is 3.40. The van der Waals surface area contributed by atoms with Gasteiger partial charge in [0.2, 0.25) is 11.8 Å². The number of nitrogens with zero attached hydrogens (tertiary/aromatic N) is 2. The Bertz CT molecular complexity index is 1080. The molecule has 1 aliphatic rings. The maximum atomic E-state index is 13.8. The quantitative estimate of drug-likeness (QED) is 0.713. The van der Waals surface area contributed by atoms with Crippen molar-refractivity contribution in [2.75, 3.05) is 5.32 Å². The number of hydrogen-bond donors (Lipinski definition) is 2. The zero-order chi connectivity index (χ0) is 19.7. The number of nitrogens with two attached hydrogens (primary N) is 1. The summed E-state index contributed by atoms with van der Waals surface area (Å²) in [6, 6.07) is 9.31. The highest BCUT2D eigenvalue weighted by Gasteiger charge is 2.31. The van der Waals surface area contributed by atoms with E-state index in [9.17, 15) is 14.0 Å². The fraction of sp³-hybridized carbons (Fsp3) is 0.143. The molecule has 3 aromatic rings.